The van der Waals surface area contributed by atoms with Crippen LogP contribution in [0.1, 0.15) is 25.3 Å². The van der Waals surface area contributed by atoms with Crippen molar-refractivity contribution in [3.63, 3.8) is 0 Å². The predicted octanol–water partition coefficient (Wildman–Crippen LogP) is 2.78. The fraction of sp³-hybridized carbons (Fsp3) is 0.667. The monoisotopic (exact) mass is 283 g/mol. The third-order valence-electron chi connectivity index (χ3n) is 3.24. The van der Waals surface area contributed by atoms with Crippen LogP contribution in [0.2, 0.25) is 0 Å². The Kier molecular flexibility index (Phi) is 3.79. The number of nitrogens with zero attached hydrogens (tertiary/aromatic N) is 3. The molecule has 88 valence electrons. The lowest BCUT2D eigenvalue weighted by Gasteiger charge is -2.33. The lowest BCUT2D eigenvalue weighted by atomic mass is 9.94. The molecule has 1 aromatic heterocycles. The van der Waals surface area contributed by atoms with Gasteiger partial charge in [-0.15, -0.1) is 0 Å². The van der Waals surface area contributed by atoms with E-state index in [0.717, 1.165) is 30.5 Å². The van der Waals surface area contributed by atoms with Crippen molar-refractivity contribution in [1.82, 2.24) is 9.97 Å². The zero-order valence-corrected chi connectivity index (χ0v) is 11.4. The van der Waals surface area contributed by atoms with E-state index >= 15 is 0 Å². The molecule has 0 saturated carbocycles. The Morgan fingerprint density at radius 1 is 1.31 bits per heavy atom. The van der Waals surface area contributed by atoms with Gasteiger partial charge in [-0.1, -0.05) is 22.9 Å². The van der Waals surface area contributed by atoms with E-state index in [0.29, 0.717) is 4.83 Å². The maximum absolute atomic E-state index is 4.37. The summed E-state index contributed by atoms with van der Waals surface area (Å²) < 4.78 is 0. The summed E-state index contributed by atoms with van der Waals surface area (Å²) in [6, 6.07) is 0. The lowest BCUT2D eigenvalue weighted by Crippen LogP contribution is -2.36. The first-order valence-electron chi connectivity index (χ1n) is 5.84. The fourth-order valence-electron chi connectivity index (χ4n) is 2.11. The average molecular weight is 284 g/mol. The normalized spacial score (nSPS) is 19.8. The summed E-state index contributed by atoms with van der Waals surface area (Å²) in [5.74, 6) is 1.67. The number of anilines is 1. The molecule has 1 atom stereocenters. The first-order chi connectivity index (χ1) is 7.66. The summed E-state index contributed by atoms with van der Waals surface area (Å²) in [6.45, 7) is 6.40. The molecular weight excluding hydrogens is 266 g/mol. The van der Waals surface area contributed by atoms with E-state index in [-0.39, 0.29) is 0 Å². The van der Waals surface area contributed by atoms with E-state index in [9.17, 15) is 0 Å². The van der Waals surface area contributed by atoms with E-state index in [2.05, 4.69) is 37.7 Å². The minimum Gasteiger partial charge on any atom is -0.341 e. The van der Waals surface area contributed by atoms with Gasteiger partial charge in [0, 0.05) is 30.3 Å². The predicted molar refractivity (Wildman–Crippen MR) is 70.1 cm³/mol. The van der Waals surface area contributed by atoms with Gasteiger partial charge in [0.15, 0.2) is 0 Å². The van der Waals surface area contributed by atoms with Gasteiger partial charge in [-0.3, -0.25) is 0 Å². The highest BCUT2D eigenvalue weighted by atomic mass is 79.9. The SMILES string of the molecule is Cc1cnc(N2CCC(C(C)Br)CC2)nc1. The van der Waals surface area contributed by atoms with Crippen molar-refractivity contribution in [3.05, 3.63) is 18.0 Å². The Morgan fingerprint density at radius 3 is 2.38 bits per heavy atom. The zero-order valence-electron chi connectivity index (χ0n) is 9.86. The first kappa shape index (κ1) is 11.8. The van der Waals surface area contributed by atoms with Crippen LogP contribution in [0.3, 0.4) is 0 Å². The Bertz CT molecular complexity index is 329. The molecule has 1 saturated heterocycles. The van der Waals surface area contributed by atoms with Gasteiger partial charge in [0.2, 0.25) is 5.95 Å². The summed E-state index contributed by atoms with van der Waals surface area (Å²) in [6.07, 6.45) is 6.23. The summed E-state index contributed by atoms with van der Waals surface area (Å²) in [5.41, 5.74) is 1.12. The van der Waals surface area contributed by atoms with Gasteiger partial charge in [0.05, 0.1) is 0 Å². The molecular formula is C12H18BrN3. The average Bonchev–Trinajstić information content (AvgIpc) is 2.30. The summed E-state index contributed by atoms with van der Waals surface area (Å²) in [7, 11) is 0. The highest BCUT2D eigenvalue weighted by Crippen LogP contribution is 2.26. The molecule has 16 heavy (non-hydrogen) atoms. The van der Waals surface area contributed by atoms with E-state index in [1.165, 1.54) is 12.8 Å². The molecule has 1 unspecified atom stereocenters. The maximum atomic E-state index is 4.37. The van der Waals surface area contributed by atoms with Crippen LogP contribution in [-0.2, 0) is 0 Å². The molecule has 0 amide bonds. The highest BCUT2D eigenvalue weighted by molar-refractivity contribution is 9.09. The van der Waals surface area contributed by atoms with Crippen LogP contribution < -0.4 is 4.90 Å². The van der Waals surface area contributed by atoms with Crippen molar-refractivity contribution < 1.29 is 0 Å². The number of halogens is 1. The van der Waals surface area contributed by atoms with Crippen LogP contribution in [0.15, 0.2) is 12.4 Å². The molecule has 0 aliphatic carbocycles. The van der Waals surface area contributed by atoms with Crippen molar-refractivity contribution in [2.75, 3.05) is 18.0 Å². The zero-order chi connectivity index (χ0) is 11.5. The molecule has 1 fully saturated rings. The Labute approximate surface area is 105 Å². The molecule has 0 N–H and O–H groups in total. The summed E-state index contributed by atoms with van der Waals surface area (Å²) in [5, 5.41) is 0. The third-order valence-corrected chi connectivity index (χ3v) is 3.99. The number of piperidine rings is 1. The van der Waals surface area contributed by atoms with Crippen molar-refractivity contribution in [2.24, 2.45) is 5.92 Å². The molecule has 0 aromatic carbocycles. The largest absolute Gasteiger partial charge is 0.341 e. The van der Waals surface area contributed by atoms with Crippen molar-refractivity contribution in [2.45, 2.75) is 31.5 Å². The molecule has 1 aliphatic rings. The second-order valence-electron chi connectivity index (χ2n) is 4.56. The number of hydrogen-bond donors (Lipinski definition) is 0. The van der Waals surface area contributed by atoms with Gasteiger partial charge in [0.25, 0.3) is 0 Å². The molecule has 2 rings (SSSR count). The minimum absolute atomic E-state index is 0.619. The Balaban J connectivity index is 1.96. The van der Waals surface area contributed by atoms with Crippen LogP contribution in [0.4, 0.5) is 5.95 Å². The first-order valence-corrected chi connectivity index (χ1v) is 6.76. The third kappa shape index (κ3) is 2.73. The minimum atomic E-state index is 0.619. The quantitative estimate of drug-likeness (QED) is 0.782. The molecule has 4 heteroatoms. The van der Waals surface area contributed by atoms with Crippen molar-refractivity contribution in [1.29, 1.82) is 0 Å². The van der Waals surface area contributed by atoms with Gasteiger partial charge in [-0.05, 0) is 31.2 Å². The number of rotatable bonds is 2. The van der Waals surface area contributed by atoms with Crippen LogP contribution in [0, 0.1) is 12.8 Å². The van der Waals surface area contributed by atoms with Gasteiger partial charge in [0.1, 0.15) is 0 Å². The van der Waals surface area contributed by atoms with Gasteiger partial charge < -0.3 is 4.90 Å². The number of hydrogen-bond acceptors (Lipinski definition) is 3. The van der Waals surface area contributed by atoms with Crippen molar-refractivity contribution >= 4 is 21.9 Å². The van der Waals surface area contributed by atoms with E-state index < -0.39 is 0 Å². The number of aryl methyl sites for hydroxylation is 1. The molecule has 0 radical (unpaired) electrons. The molecule has 2 heterocycles. The van der Waals surface area contributed by atoms with Crippen LogP contribution in [-0.4, -0.2) is 27.9 Å². The van der Waals surface area contributed by atoms with E-state index in [1.54, 1.807) is 0 Å². The topological polar surface area (TPSA) is 29.0 Å². The summed E-state index contributed by atoms with van der Waals surface area (Å²) in [4.78, 5) is 11.7. The Morgan fingerprint density at radius 2 is 1.88 bits per heavy atom. The van der Waals surface area contributed by atoms with Gasteiger partial charge in [-0.25, -0.2) is 9.97 Å². The van der Waals surface area contributed by atoms with Crippen LogP contribution in [0.5, 0.6) is 0 Å². The van der Waals surface area contributed by atoms with Crippen LogP contribution in [0.25, 0.3) is 0 Å². The number of aromatic nitrogens is 2. The lowest BCUT2D eigenvalue weighted by molar-refractivity contribution is 0.404. The molecule has 0 bridgehead atoms. The molecule has 3 nitrogen and oxygen atoms in total. The molecule has 1 aliphatic heterocycles. The highest BCUT2D eigenvalue weighted by Gasteiger charge is 2.23. The molecule has 1 aromatic rings. The summed E-state index contributed by atoms with van der Waals surface area (Å²) >= 11 is 3.67. The fourth-order valence-corrected chi connectivity index (χ4v) is 2.64. The molecule has 0 spiro atoms. The Hall–Kier alpha value is -0.640. The van der Waals surface area contributed by atoms with Gasteiger partial charge >= 0.3 is 0 Å². The second kappa shape index (κ2) is 5.13. The number of alkyl halides is 1. The second-order valence-corrected chi connectivity index (χ2v) is 6.01. The van der Waals surface area contributed by atoms with E-state index in [1.807, 2.05) is 19.3 Å². The smallest absolute Gasteiger partial charge is 0.225 e. The van der Waals surface area contributed by atoms with Crippen LogP contribution >= 0.6 is 15.9 Å². The van der Waals surface area contributed by atoms with Gasteiger partial charge in [-0.2, -0.15) is 0 Å². The maximum Gasteiger partial charge on any atom is 0.225 e. The van der Waals surface area contributed by atoms with Crippen molar-refractivity contribution in [3.8, 4) is 0 Å². The van der Waals surface area contributed by atoms with E-state index in [4.69, 9.17) is 0 Å². The standard InChI is InChI=1S/C12H18BrN3/c1-9-7-14-12(15-8-9)16-5-3-11(4-6-16)10(2)13/h7-8,10-11H,3-6H2,1-2H3.